The summed E-state index contributed by atoms with van der Waals surface area (Å²) in [6.07, 6.45) is 10.1. The Morgan fingerprint density at radius 3 is 2.68 bits per heavy atom. The molecule has 0 radical (unpaired) electrons. The molecule has 2 heteroatoms. The summed E-state index contributed by atoms with van der Waals surface area (Å²) in [6.45, 7) is 1.58. The van der Waals surface area contributed by atoms with E-state index in [4.69, 9.17) is 4.74 Å². The van der Waals surface area contributed by atoms with Crippen LogP contribution in [0.25, 0.3) is 0 Å². The quantitative estimate of drug-likeness (QED) is 0.514. The van der Waals surface area contributed by atoms with Crippen molar-refractivity contribution in [1.82, 2.24) is 0 Å². The second kappa shape index (κ2) is 7.73. The fraction of sp³-hybridized carbons (Fsp3) is 0.550. The molecule has 0 aliphatic heterocycles. The number of unbranched alkanes of at least 4 members (excludes halogenated alkanes) is 2. The average Bonchev–Trinajstić information content (AvgIpc) is 3.04. The summed E-state index contributed by atoms with van der Waals surface area (Å²) in [4.78, 5) is 11.4. The molecule has 118 valence electrons. The molecule has 1 aromatic carbocycles. The van der Waals surface area contributed by atoms with Gasteiger partial charge in [-0.2, -0.15) is 0 Å². The zero-order valence-electron chi connectivity index (χ0n) is 13.3. The summed E-state index contributed by atoms with van der Waals surface area (Å²) in [5, 5.41) is 0. The molecule has 22 heavy (non-hydrogen) atoms. The van der Waals surface area contributed by atoms with Crippen molar-refractivity contribution >= 4 is 5.78 Å². The van der Waals surface area contributed by atoms with Gasteiger partial charge in [-0.25, -0.2) is 0 Å². The highest BCUT2D eigenvalue weighted by Gasteiger charge is 2.35. The van der Waals surface area contributed by atoms with Gasteiger partial charge in [-0.05, 0) is 43.1 Å². The largest absolute Gasteiger partial charge is 0.377 e. The van der Waals surface area contributed by atoms with Crippen LogP contribution in [0.4, 0.5) is 0 Å². The molecule has 0 saturated heterocycles. The van der Waals surface area contributed by atoms with E-state index in [0.717, 1.165) is 32.5 Å². The van der Waals surface area contributed by atoms with Gasteiger partial charge < -0.3 is 4.74 Å². The molecule has 3 rings (SSSR count). The van der Waals surface area contributed by atoms with E-state index in [9.17, 15) is 4.79 Å². The van der Waals surface area contributed by atoms with Crippen LogP contribution in [0.2, 0.25) is 0 Å². The van der Waals surface area contributed by atoms with Crippen molar-refractivity contribution in [3.63, 3.8) is 0 Å². The summed E-state index contributed by atoms with van der Waals surface area (Å²) in [6, 6.07) is 10.3. The van der Waals surface area contributed by atoms with Crippen molar-refractivity contribution in [3.8, 4) is 0 Å². The number of Topliss-reactive ketones (excluding diaryl/α,β-unsaturated/α-hetero) is 1. The zero-order valence-corrected chi connectivity index (χ0v) is 13.3. The Morgan fingerprint density at radius 2 is 1.86 bits per heavy atom. The van der Waals surface area contributed by atoms with Gasteiger partial charge in [-0.3, -0.25) is 4.79 Å². The van der Waals surface area contributed by atoms with Crippen LogP contribution in [0.5, 0.6) is 0 Å². The molecule has 0 heterocycles. The average molecular weight is 298 g/mol. The summed E-state index contributed by atoms with van der Waals surface area (Å²) < 4.78 is 5.71. The minimum Gasteiger partial charge on any atom is -0.377 e. The van der Waals surface area contributed by atoms with Crippen molar-refractivity contribution in [2.24, 2.45) is 11.8 Å². The monoisotopic (exact) mass is 298 g/mol. The van der Waals surface area contributed by atoms with Gasteiger partial charge in [0.05, 0.1) is 6.61 Å². The third kappa shape index (κ3) is 4.30. The van der Waals surface area contributed by atoms with Crippen molar-refractivity contribution in [1.29, 1.82) is 0 Å². The minimum absolute atomic E-state index is 0.473. The first-order valence-electron chi connectivity index (χ1n) is 8.64. The van der Waals surface area contributed by atoms with Crippen molar-refractivity contribution < 1.29 is 9.53 Å². The number of rotatable bonds is 8. The van der Waals surface area contributed by atoms with Crippen LogP contribution in [0.1, 0.15) is 50.5 Å². The van der Waals surface area contributed by atoms with Crippen LogP contribution in [0.3, 0.4) is 0 Å². The summed E-state index contributed by atoms with van der Waals surface area (Å²) >= 11 is 0. The second-order valence-corrected chi connectivity index (χ2v) is 6.75. The maximum absolute atomic E-state index is 11.4. The topological polar surface area (TPSA) is 26.3 Å². The molecule has 0 N–H and O–H groups in total. The lowest BCUT2D eigenvalue weighted by atomic mass is 9.98. The van der Waals surface area contributed by atoms with Gasteiger partial charge >= 0.3 is 0 Å². The summed E-state index contributed by atoms with van der Waals surface area (Å²) in [5.41, 5.74) is 2.85. The fourth-order valence-corrected chi connectivity index (χ4v) is 3.77. The van der Waals surface area contributed by atoms with Gasteiger partial charge in [0.1, 0.15) is 5.78 Å². The number of hydrogen-bond acceptors (Lipinski definition) is 2. The molecule has 0 bridgehead atoms. The lowest BCUT2D eigenvalue weighted by Crippen LogP contribution is -1.97. The third-order valence-electron chi connectivity index (χ3n) is 4.93. The molecule has 2 nitrogen and oxygen atoms in total. The Morgan fingerprint density at radius 1 is 1.00 bits per heavy atom. The van der Waals surface area contributed by atoms with E-state index < -0.39 is 0 Å². The summed E-state index contributed by atoms with van der Waals surface area (Å²) in [5.74, 6) is 1.70. The van der Waals surface area contributed by atoms with E-state index in [1.165, 1.54) is 31.2 Å². The van der Waals surface area contributed by atoms with Crippen molar-refractivity contribution in [2.75, 3.05) is 6.61 Å². The molecule has 2 aliphatic carbocycles. The zero-order chi connectivity index (χ0) is 15.2. The predicted octanol–water partition coefficient (Wildman–Crippen LogP) is 4.69. The number of carbonyl (C=O) groups excluding carboxylic acids is 1. The Kier molecular flexibility index (Phi) is 5.44. The molecule has 1 aromatic rings. The van der Waals surface area contributed by atoms with Crippen molar-refractivity contribution in [2.45, 2.75) is 51.6 Å². The van der Waals surface area contributed by atoms with Gasteiger partial charge in [-0.15, -0.1) is 0 Å². The number of carbonyl (C=O) groups is 1. The predicted molar refractivity (Wildman–Crippen MR) is 88.5 cm³/mol. The Balaban J connectivity index is 1.23. The van der Waals surface area contributed by atoms with Gasteiger partial charge in [0, 0.05) is 19.4 Å². The molecule has 2 atom stereocenters. The van der Waals surface area contributed by atoms with Crippen LogP contribution in [0, 0.1) is 11.8 Å². The fourth-order valence-electron chi connectivity index (χ4n) is 3.77. The molecule has 0 amide bonds. The normalized spacial score (nSPS) is 23.6. The molecular formula is C20H26O2. The van der Waals surface area contributed by atoms with E-state index in [0.29, 0.717) is 17.6 Å². The van der Waals surface area contributed by atoms with Gasteiger partial charge in [0.15, 0.2) is 0 Å². The molecule has 1 saturated carbocycles. The lowest BCUT2D eigenvalue weighted by molar-refractivity contribution is -0.117. The van der Waals surface area contributed by atoms with Gasteiger partial charge in [0.25, 0.3) is 0 Å². The highest BCUT2D eigenvalue weighted by Crippen LogP contribution is 2.42. The van der Waals surface area contributed by atoms with E-state index >= 15 is 0 Å². The number of hydrogen-bond donors (Lipinski definition) is 0. The highest BCUT2D eigenvalue weighted by atomic mass is 16.5. The number of ketones is 1. The molecule has 1 fully saturated rings. The lowest BCUT2D eigenvalue weighted by Gasteiger charge is -2.07. The smallest absolute Gasteiger partial charge is 0.133 e. The standard InChI is InChI=1S/C20H26O2/c21-20-13-18-11-17(12-19(18)14-20)9-5-2-6-10-22-15-16-7-3-1-4-8-16/h1,3-4,7-8,11,18-19H,2,5-6,9-10,12-15H2/t18-,19+/m0/s1. The first-order chi connectivity index (χ1) is 10.8. The number of fused-ring (bicyclic) bond motifs is 1. The SMILES string of the molecule is O=C1C[C@H]2CC(CCCCCOCc3ccccc3)=C[C@H]2C1. The Bertz CT molecular complexity index is 518. The second-order valence-electron chi connectivity index (χ2n) is 6.75. The number of benzene rings is 1. The van der Waals surface area contributed by atoms with Crippen LogP contribution in [0.15, 0.2) is 42.0 Å². The van der Waals surface area contributed by atoms with Crippen LogP contribution in [-0.4, -0.2) is 12.4 Å². The third-order valence-corrected chi connectivity index (χ3v) is 4.93. The molecule has 0 spiro atoms. The number of ether oxygens (including phenoxy) is 1. The minimum atomic E-state index is 0.473. The molecule has 0 unspecified atom stereocenters. The Hall–Kier alpha value is -1.41. The van der Waals surface area contributed by atoms with E-state index in [-0.39, 0.29) is 0 Å². The van der Waals surface area contributed by atoms with E-state index in [2.05, 4.69) is 30.3 Å². The van der Waals surface area contributed by atoms with Gasteiger partial charge in [0.2, 0.25) is 0 Å². The van der Waals surface area contributed by atoms with Crippen molar-refractivity contribution in [3.05, 3.63) is 47.5 Å². The van der Waals surface area contributed by atoms with Crippen LogP contribution >= 0.6 is 0 Å². The Labute approximate surface area is 133 Å². The molecule has 2 aliphatic rings. The number of allylic oxidation sites excluding steroid dienone is 2. The van der Waals surface area contributed by atoms with E-state index in [1.807, 2.05) is 6.07 Å². The van der Waals surface area contributed by atoms with Gasteiger partial charge in [-0.1, -0.05) is 48.4 Å². The molecule has 0 aromatic heterocycles. The van der Waals surface area contributed by atoms with Crippen LogP contribution < -0.4 is 0 Å². The first-order valence-corrected chi connectivity index (χ1v) is 8.64. The summed E-state index contributed by atoms with van der Waals surface area (Å²) in [7, 11) is 0. The maximum atomic E-state index is 11.4. The van der Waals surface area contributed by atoms with Crippen LogP contribution in [-0.2, 0) is 16.1 Å². The first kappa shape index (κ1) is 15.5. The molecular weight excluding hydrogens is 272 g/mol. The maximum Gasteiger partial charge on any atom is 0.133 e. The van der Waals surface area contributed by atoms with E-state index in [1.54, 1.807) is 5.57 Å². The highest BCUT2D eigenvalue weighted by molar-refractivity contribution is 5.82.